The molecule has 29 heavy (non-hydrogen) atoms. The van der Waals surface area contributed by atoms with Crippen molar-refractivity contribution in [3.8, 4) is 11.5 Å². The molecule has 1 heterocycles. The molecule has 0 saturated heterocycles. The number of hydrogen-bond donors (Lipinski definition) is 1. The molecule has 2 N–H and O–H groups in total. The zero-order valence-corrected chi connectivity index (χ0v) is 17.8. The summed E-state index contributed by atoms with van der Waals surface area (Å²) in [6.45, 7) is 2.71. The first kappa shape index (κ1) is 21.3. The zero-order valence-electron chi connectivity index (χ0n) is 16.2. The summed E-state index contributed by atoms with van der Waals surface area (Å²) in [5, 5.41) is 7.19. The summed E-state index contributed by atoms with van der Waals surface area (Å²) in [4.78, 5) is 3.64. The van der Waals surface area contributed by atoms with Crippen LogP contribution in [-0.4, -0.2) is 33.6 Å². The van der Waals surface area contributed by atoms with Crippen molar-refractivity contribution in [2.75, 3.05) is 20.3 Å². The lowest BCUT2D eigenvalue weighted by Crippen LogP contribution is -2.27. The molecule has 0 saturated carbocycles. The largest absolute Gasteiger partial charge is 0.496 e. The molecule has 6 nitrogen and oxygen atoms in total. The normalized spacial score (nSPS) is 11.6. The molecule has 0 bridgehead atoms. The van der Waals surface area contributed by atoms with Gasteiger partial charge in [0.1, 0.15) is 18.1 Å². The Labute approximate surface area is 175 Å². The van der Waals surface area contributed by atoms with E-state index in [1.54, 1.807) is 30.6 Å². The van der Waals surface area contributed by atoms with Gasteiger partial charge in [-0.25, -0.2) is 13.6 Å². The Morgan fingerprint density at radius 1 is 1.00 bits per heavy atom. The van der Waals surface area contributed by atoms with Crippen molar-refractivity contribution in [3.63, 3.8) is 0 Å². The van der Waals surface area contributed by atoms with Crippen molar-refractivity contribution in [1.82, 2.24) is 4.90 Å². The van der Waals surface area contributed by atoms with Gasteiger partial charge in [-0.1, -0.05) is 24.3 Å². The highest BCUT2D eigenvalue weighted by molar-refractivity contribution is 7.89. The quantitative estimate of drug-likeness (QED) is 0.530. The second-order valence-corrected chi connectivity index (χ2v) is 9.06. The van der Waals surface area contributed by atoms with Gasteiger partial charge in [-0.15, -0.1) is 11.3 Å². The number of thiophene rings is 1. The molecule has 154 valence electrons. The number of rotatable bonds is 10. The monoisotopic (exact) mass is 432 g/mol. The topological polar surface area (TPSA) is 81.9 Å². The third kappa shape index (κ3) is 6.30. The van der Waals surface area contributed by atoms with Gasteiger partial charge in [0.25, 0.3) is 0 Å². The molecule has 0 spiro atoms. The molecule has 3 aromatic rings. The van der Waals surface area contributed by atoms with E-state index >= 15 is 0 Å². The molecule has 3 rings (SSSR count). The third-order valence-corrected chi connectivity index (χ3v) is 6.16. The fourth-order valence-corrected chi connectivity index (χ4v) is 4.19. The van der Waals surface area contributed by atoms with Crippen LogP contribution < -0.4 is 14.6 Å². The Hall–Kier alpha value is -2.39. The van der Waals surface area contributed by atoms with Crippen LogP contribution in [0.4, 0.5) is 0 Å². The molecule has 0 aliphatic carbocycles. The van der Waals surface area contributed by atoms with Gasteiger partial charge >= 0.3 is 0 Å². The summed E-state index contributed by atoms with van der Waals surface area (Å²) in [6, 6.07) is 18.3. The fourth-order valence-electron chi connectivity index (χ4n) is 2.93. The van der Waals surface area contributed by atoms with Crippen molar-refractivity contribution < 1.29 is 17.9 Å². The Morgan fingerprint density at radius 3 is 2.41 bits per heavy atom. The average Bonchev–Trinajstić information content (AvgIpc) is 3.21. The zero-order chi connectivity index (χ0) is 20.7. The second-order valence-electron chi connectivity index (χ2n) is 6.47. The van der Waals surface area contributed by atoms with Gasteiger partial charge in [-0.3, -0.25) is 4.90 Å². The first-order valence-corrected chi connectivity index (χ1v) is 11.5. The lowest BCUT2D eigenvalue weighted by atomic mass is 10.2. The molecule has 2 aromatic carbocycles. The second kappa shape index (κ2) is 9.89. The highest BCUT2D eigenvalue weighted by Crippen LogP contribution is 2.21. The Balaban J connectivity index is 1.63. The molecule has 0 amide bonds. The number of benzene rings is 2. The predicted molar refractivity (Wildman–Crippen MR) is 115 cm³/mol. The first-order chi connectivity index (χ1) is 14.0. The molecular weight excluding hydrogens is 408 g/mol. The third-order valence-electron chi connectivity index (χ3n) is 4.37. The van der Waals surface area contributed by atoms with Crippen LogP contribution in [-0.2, 0) is 23.1 Å². The Morgan fingerprint density at radius 2 is 1.76 bits per heavy atom. The van der Waals surface area contributed by atoms with E-state index < -0.39 is 10.0 Å². The van der Waals surface area contributed by atoms with Gasteiger partial charge in [0.2, 0.25) is 10.0 Å². The molecule has 1 aromatic heterocycles. The van der Waals surface area contributed by atoms with Crippen LogP contribution in [0, 0.1) is 0 Å². The number of ether oxygens (including phenoxy) is 2. The molecule has 0 radical (unpaired) electrons. The van der Waals surface area contributed by atoms with Crippen LogP contribution >= 0.6 is 11.3 Å². The van der Waals surface area contributed by atoms with E-state index in [1.165, 1.54) is 17.0 Å². The number of nitrogens with zero attached hydrogens (tertiary/aromatic N) is 1. The van der Waals surface area contributed by atoms with Crippen LogP contribution in [0.3, 0.4) is 0 Å². The Bertz CT molecular complexity index is 1000. The molecule has 0 atom stereocenters. The lowest BCUT2D eigenvalue weighted by Gasteiger charge is -2.23. The van der Waals surface area contributed by atoms with E-state index in [4.69, 9.17) is 14.6 Å². The number of nitrogens with two attached hydrogens (primary N) is 1. The van der Waals surface area contributed by atoms with E-state index in [-0.39, 0.29) is 4.90 Å². The SMILES string of the molecule is COc1ccccc1CN(CCOc1ccc(S(N)(=O)=O)cc1)Cc1cccs1. The van der Waals surface area contributed by atoms with Crippen LogP contribution in [0.2, 0.25) is 0 Å². The average molecular weight is 433 g/mol. The van der Waals surface area contributed by atoms with Gasteiger partial charge in [0.05, 0.1) is 12.0 Å². The standard InChI is InChI=1S/C21H24N2O4S2/c1-26-21-7-3-2-5-17(21)15-23(16-19-6-4-14-28-19)12-13-27-18-8-10-20(11-9-18)29(22,24)25/h2-11,14H,12-13,15-16H2,1H3,(H2,22,24,25). The number of primary sulfonamides is 1. The maximum atomic E-state index is 11.3. The molecule has 8 heteroatoms. The lowest BCUT2D eigenvalue weighted by molar-refractivity contribution is 0.196. The summed E-state index contributed by atoms with van der Waals surface area (Å²) in [5.41, 5.74) is 1.11. The van der Waals surface area contributed by atoms with E-state index in [0.717, 1.165) is 24.4 Å². The minimum absolute atomic E-state index is 0.0698. The minimum atomic E-state index is -3.70. The van der Waals surface area contributed by atoms with E-state index in [9.17, 15) is 8.42 Å². The number of para-hydroxylation sites is 1. The van der Waals surface area contributed by atoms with E-state index in [0.29, 0.717) is 18.9 Å². The smallest absolute Gasteiger partial charge is 0.238 e. The van der Waals surface area contributed by atoms with Crippen LogP contribution in [0.5, 0.6) is 11.5 Å². The maximum absolute atomic E-state index is 11.3. The van der Waals surface area contributed by atoms with E-state index in [2.05, 4.69) is 22.4 Å². The molecule has 0 fully saturated rings. The van der Waals surface area contributed by atoms with Crippen LogP contribution in [0.1, 0.15) is 10.4 Å². The van der Waals surface area contributed by atoms with Crippen molar-refractivity contribution in [1.29, 1.82) is 0 Å². The molecular formula is C21H24N2O4S2. The summed E-state index contributed by atoms with van der Waals surface area (Å²) in [5.74, 6) is 1.47. The van der Waals surface area contributed by atoms with Gasteiger partial charge in [-0.2, -0.15) is 0 Å². The summed E-state index contributed by atoms with van der Waals surface area (Å²) in [6.07, 6.45) is 0. The maximum Gasteiger partial charge on any atom is 0.238 e. The number of hydrogen-bond acceptors (Lipinski definition) is 6. The Kier molecular flexibility index (Phi) is 7.27. The molecule has 0 unspecified atom stereocenters. The molecule has 0 aliphatic heterocycles. The summed E-state index contributed by atoms with van der Waals surface area (Å²) in [7, 11) is -2.02. The summed E-state index contributed by atoms with van der Waals surface area (Å²) >= 11 is 1.72. The van der Waals surface area contributed by atoms with Crippen molar-refractivity contribution >= 4 is 21.4 Å². The van der Waals surface area contributed by atoms with Gasteiger partial charge < -0.3 is 9.47 Å². The van der Waals surface area contributed by atoms with E-state index in [1.807, 2.05) is 24.3 Å². The number of sulfonamides is 1. The minimum Gasteiger partial charge on any atom is -0.496 e. The van der Waals surface area contributed by atoms with Gasteiger partial charge in [-0.05, 0) is 41.8 Å². The van der Waals surface area contributed by atoms with Gasteiger partial charge in [0, 0.05) is 30.1 Å². The number of methoxy groups -OCH3 is 1. The van der Waals surface area contributed by atoms with Crippen LogP contribution in [0.25, 0.3) is 0 Å². The van der Waals surface area contributed by atoms with Crippen molar-refractivity contribution in [2.45, 2.75) is 18.0 Å². The van der Waals surface area contributed by atoms with Crippen LogP contribution in [0.15, 0.2) is 70.9 Å². The van der Waals surface area contributed by atoms with Gasteiger partial charge in [0.15, 0.2) is 0 Å². The fraction of sp³-hybridized carbons (Fsp3) is 0.238. The molecule has 0 aliphatic rings. The highest BCUT2D eigenvalue weighted by atomic mass is 32.2. The van der Waals surface area contributed by atoms with Crippen molar-refractivity contribution in [2.24, 2.45) is 5.14 Å². The predicted octanol–water partition coefficient (Wildman–Crippen LogP) is 3.49. The van der Waals surface area contributed by atoms with Crippen molar-refractivity contribution in [3.05, 3.63) is 76.5 Å². The highest BCUT2D eigenvalue weighted by Gasteiger charge is 2.12. The first-order valence-electron chi connectivity index (χ1n) is 9.08. The summed E-state index contributed by atoms with van der Waals surface area (Å²) < 4.78 is 34.0.